The van der Waals surface area contributed by atoms with Crippen molar-refractivity contribution in [1.29, 1.82) is 0 Å². The van der Waals surface area contributed by atoms with Crippen LogP contribution < -0.4 is 0 Å². The predicted molar refractivity (Wildman–Crippen MR) is 39.8 cm³/mol. The Morgan fingerprint density at radius 3 is 2.62 bits per heavy atom. The van der Waals surface area contributed by atoms with Crippen molar-refractivity contribution in [1.82, 2.24) is 4.57 Å². The maximum atomic E-state index is 2.64. The summed E-state index contributed by atoms with van der Waals surface area (Å²) in [6.07, 6.45) is 1.45. The predicted octanol–water partition coefficient (Wildman–Crippen LogP) is 0.460. The molecule has 1 atom stereocenters. The molecule has 0 N–H and O–H groups in total. The van der Waals surface area contributed by atoms with Gasteiger partial charge in [0.1, 0.15) is 0 Å². The lowest BCUT2D eigenvalue weighted by molar-refractivity contribution is 0.523. The molecule has 0 spiro atoms. The third kappa shape index (κ3) is 1.33. The molecule has 0 aromatic heterocycles. The third-order valence-electron chi connectivity index (χ3n) is 1.96. The number of nitrogens with zero attached hydrogens (tertiary/aromatic N) is 1. The van der Waals surface area contributed by atoms with Crippen molar-refractivity contribution in [3.63, 3.8) is 0 Å². The zero-order valence-corrected chi connectivity index (χ0v) is 7.27. The van der Waals surface area contributed by atoms with Crippen LogP contribution in [0.3, 0.4) is 0 Å². The third-order valence-corrected chi connectivity index (χ3v) is 3.42. The fourth-order valence-corrected chi connectivity index (χ4v) is 2.51. The van der Waals surface area contributed by atoms with E-state index in [9.17, 15) is 0 Å². The van der Waals surface area contributed by atoms with Crippen LogP contribution in [0.5, 0.6) is 0 Å². The van der Waals surface area contributed by atoms with Gasteiger partial charge in [0.15, 0.2) is 0 Å². The number of hydrogen-bond acceptors (Lipinski definition) is 1. The summed E-state index contributed by atoms with van der Waals surface area (Å²) in [5.74, 6) is 0.988. The fourth-order valence-electron chi connectivity index (χ4n) is 1.31. The van der Waals surface area contributed by atoms with Gasteiger partial charge in [-0.1, -0.05) is 13.5 Å². The van der Waals surface area contributed by atoms with Crippen LogP contribution in [0.1, 0.15) is 13.3 Å². The average molecular weight is 129 g/mol. The van der Waals surface area contributed by atoms with E-state index in [0.29, 0.717) is 0 Å². The van der Waals surface area contributed by atoms with Crippen molar-refractivity contribution in [3.05, 3.63) is 0 Å². The van der Waals surface area contributed by atoms with E-state index in [-0.39, 0.29) is 9.68 Å². The summed E-state index contributed by atoms with van der Waals surface area (Å²) in [5.41, 5.74) is 0. The molecule has 0 amide bonds. The molecule has 0 aromatic rings. The van der Waals surface area contributed by atoms with Gasteiger partial charge in [-0.15, -0.1) is 0 Å². The summed E-state index contributed by atoms with van der Waals surface area (Å²) in [7, 11) is 0.192. The van der Waals surface area contributed by atoms with E-state index in [1.807, 2.05) is 0 Å². The van der Waals surface area contributed by atoms with Crippen LogP contribution in [-0.2, 0) is 0 Å². The molecule has 1 fully saturated rings. The van der Waals surface area contributed by atoms with Gasteiger partial charge in [-0.2, -0.15) is 0 Å². The van der Waals surface area contributed by atoms with Crippen LogP contribution >= 0.6 is 0 Å². The van der Waals surface area contributed by atoms with Crippen LogP contribution in [0.2, 0.25) is 6.55 Å². The molecule has 0 saturated carbocycles. The molecule has 1 rings (SSSR count). The number of hydrogen-bond donors (Lipinski definition) is 0. The largest absolute Gasteiger partial charge is 0.329 e. The second-order valence-corrected chi connectivity index (χ2v) is 4.31. The maximum absolute atomic E-state index is 2.64. The molecule has 2 heteroatoms. The lowest BCUT2D eigenvalue weighted by Gasteiger charge is -2.09. The van der Waals surface area contributed by atoms with Crippen LogP contribution in [0.25, 0.3) is 0 Å². The Morgan fingerprint density at radius 2 is 2.38 bits per heavy atom. The van der Waals surface area contributed by atoms with Crippen LogP contribution in [0, 0.1) is 5.92 Å². The Hall–Kier alpha value is 0.177. The second-order valence-electron chi connectivity index (χ2n) is 2.79. The highest BCUT2D eigenvalue weighted by molar-refractivity contribution is 6.29. The highest BCUT2D eigenvalue weighted by Crippen LogP contribution is 2.12. The lowest BCUT2D eigenvalue weighted by Crippen LogP contribution is -2.22. The topological polar surface area (TPSA) is 3.24 Å². The Balaban J connectivity index is 2.22. The summed E-state index contributed by atoms with van der Waals surface area (Å²) >= 11 is 0. The minimum absolute atomic E-state index is 0.192. The van der Waals surface area contributed by atoms with E-state index >= 15 is 0 Å². The highest BCUT2D eigenvalue weighted by Gasteiger charge is 2.15. The molecular weight excluding hydrogens is 114 g/mol. The summed E-state index contributed by atoms with van der Waals surface area (Å²) in [4.78, 5) is 0. The lowest BCUT2D eigenvalue weighted by atomic mass is 10.2. The van der Waals surface area contributed by atoms with Crippen molar-refractivity contribution < 1.29 is 0 Å². The first-order valence-corrected chi connectivity index (χ1v) is 5.60. The van der Waals surface area contributed by atoms with Gasteiger partial charge in [0.05, 0.1) is 9.68 Å². The van der Waals surface area contributed by atoms with Gasteiger partial charge in [0.25, 0.3) is 0 Å². The van der Waals surface area contributed by atoms with E-state index in [1.54, 1.807) is 0 Å². The van der Waals surface area contributed by atoms with E-state index in [4.69, 9.17) is 0 Å². The molecule has 0 aliphatic carbocycles. The van der Waals surface area contributed by atoms with Crippen LogP contribution in [0.15, 0.2) is 0 Å². The van der Waals surface area contributed by atoms with Crippen molar-refractivity contribution in [2.45, 2.75) is 19.9 Å². The highest BCUT2D eigenvalue weighted by atomic mass is 28.2. The summed E-state index contributed by atoms with van der Waals surface area (Å²) in [6.45, 7) is 7.51. The van der Waals surface area contributed by atoms with E-state index in [2.05, 4.69) is 18.0 Å². The van der Waals surface area contributed by atoms with E-state index in [0.717, 1.165) is 5.92 Å². The molecule has 48 valence electrons. The first-order chi connectivity index (χ1) is 3.83. The van der Waals surface area contributed by atoms with Gasteiger partial charge in [0.2, 0.25) is 0 Å². The molecule has 1 nitrogen and oxygen atoms in total. The zero-order valence-electron chi connectivity index (χ0n) is 5.85. The van der Waals surface area contributed by atoms with Gasteiger partial charge in [-0.3, -0.25) is 0 Å². The Morgan fingerprint density at radius 1 is 1.62 bits per heavy atom. The standard InChI is InChI=1S/C6H15NSi/c1-6-3-4-7(5-6)8-2/h6H,3-5,8H2,1-2H3/t6-/m0/s1. The molecule has 8 heavy (non-hydrogen) atoms. The van der Waals surface area contributed by atoms with Crippen LogP contribution in [0.4, 0.5) is 0 Å². The second kappa shape index (κ2) is 2.64. The summed E-state index contributed by atoms with van der Waals surface area (Å²) in [6, 6.07) is 0. The van der Waals surface area contributed by atoms with Crippen molar-refractivity contribution in [2.24, 2.45) is 5.92 Å². The van der Waals surface area contributed by atoms with E-state index < -0.39 is 0 Å². The minimum atomic E-state index is 0.192. The maximum Gasteiger partial charge on any atom is 0.0920 e. The Kier molecular flexibility index (Phi) is 2.08. The van der Waals surface area contributed by atoms with Gasteiger partial charge < -0.3 is 4.57 Å². The normalized spacial score (nSPS) is 33.0. The Labute approximate surface area is 54.0 Å². The van der Waals surface area contributed by atoms with E-state index in [1.165, 1.54) is 19.5 Å². The van der Waals surface area contributed by atoms with Crippen molar-refractivity contribution in [3.8, 4) is 0 Å². The first-order valence-electron chi connectivity index (χ1n) is 3.55. The first kappa shape index (κ1) is 6.30. The zero-order chi connectivity index (χ0) is 5.98. The fraction of sp³-hybridized carbons (Fsp3) is 1.00. The van der Waals surface area contributed by atoms with Gasteiger partial charge in [0, 0.05) is 0 Å². The van der Waals surface area contributed by atoms with Crippen molar-refractivity contribution in [2.75, 3.05) is 13.1 Å². The molecule has 1 saturated heterocycles. The molecule has 0 bridgehead atoms. The van der Waals surface area contributed by atoms with Gasteiger partial charge in [-0.05, 0) is 25.4 Å². The molecule has 1 aliphatic heterocycles. The molecule has 0 aromatic carbocycles. The summed E-state index contributed by atoms with van der Waals surface area (Å²) in [5, 5.41) is 0. The number of rotatable bonds is 1. The molecule has 1 aliphatic rings. The SMILES string of the molecule is C[SiH2]N1CC[C@H](C)C1. The van der Waals surface area contributed by atoms with Gasteiger partial charge >= 0.3 is 0 Å². The molecule has 0 unspecified atom stereocenters. The van der Waals surface area contributed by atoms with Crippen LogP contribution in [-0.4, -0.2) is 27.3 Å². The summed E-state index contributed by atoms with van der Waals surface area (Å²) < 4.78 is 2.64. The molecular formula is C6H15NSi. The quantitative estimate of drug-likeness (QED) is 0.465. The van der Waals surface area contributed by atoms with Gasteiger partial charge in [-0.25, -0.2) is 0 Å². The monoisotopic (exact) mass is 129 g/mol. The Bertz CT molecular complexity index is 74.9. The minimum Gasteiger partial charge on any atom is -0.329 e. The molecule has 0 radical (unpaired) electrons. The average Bonchev–Trinajstić information content (AvgIpc) is 2.14. The van der Waals surface area contributed by atoms with Crippen molar-refractivity contribution >= 4 is 9.68 Å². The molecule has 1 heterocycles. The smallest absolute Gasteiger partial charge is 0.0920 e.